The minimum absolute atomic E-state index is 0.782. The molecule has 1 aliphatic rings. The highest BCUT2D eigenvalue weighted by Crippen LogP contribution is 2.47. The summed E-state index contributed by atoms with van der Waals surface area (Å²) in [6, 6.07) is 0. The van der Waals surface area contributed by atoms with Gasteiger partial charge in [0.05, 0.1) is 6.61 Å². The van der Waals surface area contributed by atoms with Crippen molar-refractivity contribution in [3.8, 4) is 0 Å². The predicted molar refractivity (Wildman–Crippen MR) is 71.1 cm³/mol. The quantitative estimate of drug-likeness (QED) is 0.700. The minimum atomic E-state index is -2.02. The summed E-state index contributed by atoms with van der Waals surface area (Å²) in [5, 5.41) is 8.33. The van der Waals surface area contributed by atoms with Crippen molar-refractivity contribution in [2.45, 2.75) is 51.9 Å². The van der Waals surface area contributed by atoms with Crippen molar-refractivity contribution in [2.24, 2.45) is 0 Å². The summed E-state index contributed by atoms with van der Waals surface area (Å²) in [6.45, 7) is 6.91. The van der Waals surface area contributed by atoms with E-state index in [-0.39, 0.29) is 0 Å². The molecule has 0 radical (unpaired) electrons. The molecule has 0 aromatic carbocycles. The fraction of sp³-hybridized carbons (Fsp3) is 1.00. The molecule has 16 heavy (non-hydrogen) atoms. The summed E-state index contributed by atoms with van der Waals surface area (Å²) in [5.41, 5.74) is 0. The van der Waals surface area contributed by atoms with E-state index in [1.807, 2.05) is 6.66 Å². The Morgan fingerprint density at radius 3 is 2.25 bits per heavy atom. The van der Waals surface area contributed by atoms with E-state index in [1.54, 1.807) is 0 Å². The van der Waals surface area contributed by atoms with Gasteiger partial charge >= 0.3 is 0 Å². The third kappa shape index (κ3) is 4.99. The van der Waals surface area contributed by atoms with Gasteiger partial charge in [-0.25, -0.2) is 4.67 Å². The second-order valence-electron chi connectivity index (χ2n) is 4.73. The van der Waals surface area contributed by atoms with E-state index < -0.39 is 7.43 Å². The Hall–Kier alpha value is 0.150. The van der Waals surface area contributed by atoms with E-state index >= 15 is 0 Å². The molecule has 1 aliphatic heterocycles. The van der Waals surface area contributed by atoms with Gasteiger partial charge in [0.25, 0.3) is 0 Å². The second-order valence-corrected chi connectivity index (χ2v) is 7.32. The van der Waals surface area contributed by atoms with Gasteiger partial charge in [-0.3, -0.25) is 5.16 Å². The molecule has 1 heterocycles. The molecule has 1 atom stereocenters. The van der Waals surface area contributed by atoms with Crippen molar-refractivity contribution in [1.82, 2.24) is 4.67 Å². The van der Waals surface area contributed by atoms with Crippen molar-refractivity contribution in [3.05, 3.63) is 0 Å². The van der Waals surface area contributed by atoms with E-state index in [1.165, 1.54) is 38.5 Å². The first-order valence-corrected chi connectivity index (χ1v) is 8.79. The first kappa shape index (κ1) is 14.2. The number of nitrogens with zero attached hydrogens (tertiary/aromatic N) is 1. The molecule has 96 valence electrons. The van der Waals surface area contributed by atoms with Gasteiger partial charge in [0, 0.05) is 19.8 Å². The fourth-order valence-corrected chi connectivity index (χ4v) is 3.93. The average Bonchev–Trinajstić information content (AvgIpc) is 2.23. The summed E-state index contributed by atoms with van der Waals surface area (Å²) in [5.74, 6) is 0. The van der Waals surface area contributed by atoms with Crippen LogP contribution in [0.15, 0.2) is 0 Å². The maximum Gasteiger partial charge on any atom is 0.147 e. The molecule has 0 aromatic heterocycles. The van der Waals surface area contributed by atoms with Gasteiger partial charge in [-0.05, 0) is 12.8 Å². The Labute approximate surface area is 101 Å². The molecule has 1 fully saturated rings. The molecule has 0 saturated carbocycles. The van der Waals surface area contributed by atoms with Gasteiger partial charge in [-0.1, -0.05) is 39.0 Å². The van der Waals surface area contributed by atoms with Crippen LogP contribution in [0.3, 0.4) is 0 Å². The van der Waals surface area contributed by atoms with Crippen LogP contribution in [0.25, 0.3) is 0 Å². The van der Waals surface area contributed by atoms with Gasteiger partial charge in [-0.15, -0.1) is 0 Å². The Bertz CT molecular complexity index is 233. The SMILES string of the molecule is CCN1CCCCCCCCCOP1(C)=N. The van der Waals surface area contributed by atoms with Crippen molar-refractivity contribution < 1.29 is 4.52 Å². The molecule has 1 unspecified atom stereocenters. The fourth-order valence-electron chi connectivity index (χ4n) is 2.22. The molecule has 0 spiro atoms. The third-order valence-corrected chi connectivity index (χ3v) is 5.56. The van der Waals surface area contributed by atoms with Crippen LogP contribution in [0.4, 0.5) is 0 Å². The zero-order valence-electron chi connectivity index (χ0n) is 10.9. The Morgan fingerprint density at radius 1 is 1.06 bits per heavy atom. The maximum atomic E-state index is 8.33. The van der Waals surface area contributed by atoms with E-state index in [0.717, 1.165) is 26.1 Å². The molecule has 3 nitrogen and oxygen atoms in total. The lowest BCUT2D eigenvalue weighted by atomic mass is 10.1. The van der Waals surface area contributed by atoms with Gasteiger partial charge in [0.1, 0.15) is 7.43 Å². The van der Waals surface area contributed by atoms with Crippen LogP contribution in [0.2, 0.25) is 0 Å². The van der Waals surface area contributed by atoms with E-state index in [4.69, 9.17) is 9.69 Å². The van der Waals surface area contributed by atoms with Crippen molar-refractivity contribution in [2.75, 3.05) is 26.4 Å². The number of hydrogen-bond donors (Lipinski definition) is 1. The second kappa shape index (κ2) is 7.47. The summed E-state index contributed by atoms with van der Waals surface area (Å²) in [6.07, 6.45) is 9.03. The molecular weight excluding hydrogens is 219 g/mol. The summed E-state index contributed by atoms with van der Waals surface area (Å²) >= 11 is 0. The van der Waals surface area contributed by atoms with Gasteiger partial charge < -0.3 is 4.52 Å². The topological polar surface area (TPSA) is 36.3 Å². The summed E-state index contributed by atoms with van der Waals surface area (Å²) in [4.78, 5) is 0. The lowest BCUT2D eigenvalue weighted by Crippen LogP contribution is -2.22. The molecule has 1 N–H and O–H groups in total. The number of rotatable bonds is 1. The monoisotopic (exact) mass is 246 g/mol. The zero-order valence-corrected chi connectivity index (χ0v) is 11.8. The molecular formula is C12H27N2OP. The molecule has 0 bridgehead atoms. The molecule has 0 aromatic rings. The van der Waals surface area contributed by atoms with Crippen LogP contribution in [0.1, 0.15) is 51.9 Å². The molecule has 1 saturated heterocycles. The van der Waals surface area contributed by atoms with Gasteiger partial charge in [-0.2, -0.15) is 0 Å². The molecule has 4 heteroatoms. The van der Waals surface area contributed by atoms with Gasteiger partial charge in [0.2, 0.25) is 0 Å². The average molecular weight is 246 g/mol. The highest BCUT2D eigenvalue weighted by molar-refractivity contribution is 7.56. The highest BCUT2D eigenvalue weighted by atomic mass is 31.2. The zero-order chi connectivity index (χ0) is 11.9. The lowest BCUT2D eigenvalue weighted by Gasteiger charge is -2.31. The largest absolute Gasteiger partial charge is 0.333 e. The third-order valence-electron chi connectivity index (χ3n) is 3.31. The van der Waals surface area contributed by atoms with Crippen LogP contribution >= 0.6 is 7.43 Å². The molecule has 0 amide bonds. The van der Waals surface area contributed by atoms with E-state index in [9.17, 15) is 0 Å². The van der Waals surface area contributed by atoms with Crippen LogP contribution in [-0.2, 0) is 4.52 Å². The Balaban J connectivity index is 2.49. The first-order valence-electron chi connectivity index (χ1n) is 6.68. The van der Waals surface area contributed by atoms with Gasteiger partial charge in [0.15, 0.2) is 0 Å². The lowest BCUT2D eigenvalue weighted by molar-refractivity contribution is 0.284. The molecule has 0 aliphatic carbocycles. The predicted octanol–water partition coefficient (Wildman–Crippen LogP) is 4.31. The maximum absolute atomic E-state index is 8.33. The standard InChI is InChI=1S/C12H27N2OP/c1-3-14-11-9-7-5-4-6-8-10-12-15-16(14,2)13/h13H,3-12H2,1-2H3. The Morgan fingerprint density at radius 2 is 1.62 bits per heavy atom. The van der Waals surface area contributed by atoms with Crippen molar-refractivity contribution in [3.63, 3.8) is 0 Å². The van der Waals surface area contributed by atoms with Crippen LogP contribution in [0, 0.1) is 5.16 Å². The number of hydrogen-bond acceptors (Lipinski definition) is 2. The van der Waals surface area contributed by atoms with E-state index in [2.05, 4.69) is 11.6 Å². The van der Waals surface area contributed by atoms with Crippen LogP contribution in [-0.4, -0.2) is 31.0 Å². The summed E-state index contributed by atoms with van der Waals surface area (Å²) < 4.78 is 8.05. The minimum Gasteiger partial charge on any atom is -0.333 e. The first-order chi connectivity index (χ1) is 7.67. The normalized spacial score (nSPS) is 31.6. The van der Waals surface area contributed by atoms with Crippen molar-refractivity contribution >= 4 is 7.43 Å². The molecule has 1 rings (SSSR count). The van der Waals surface area contributed by atoms with Crippen LogP contribution < -0.4 is 0 Å². The smallest absolute Gasteiger partial charge is 0.147 e. The Kier molecular flexibility index (Phi) is 6.64. The summed E-state index contributed by atoms with van der Waals surface area (Å²) in [7, 11) is -2.02. The van der Waals surface area contributed by atoms with Crippen LogP contribution in [0.5, 0.6) is 0 Å². The van der Waals surface area contributed by atoms with E-state index in [0.29, 0.717) is 0 Å². The van der Waals surface area contributed by atoms with Crippen molar-refractivity contribution in [1.29, 1.82) is 5.16 Å². The highest BCUT2D eigenvalue weighted by Gasteiger charge is 2.19. The number of nitrogens with one attached hydrogen (secondary N) is 1.